The van der Waals surface area contributed by atoms with E-state index in [9.17, 15) is 19.4 Å². The summed E-state index contributed by atoms with van der Waals surface area (Å²) in [7, 11) is 1.75. The van der Waals surface area contributed by atoms with Gasteiger partial charge in [0.15, 0.2) is 6.10 Å². The van der Waals surface area contributed by atoms with Crippen LogP contribution in [0, 0.1) is 5.82 Å². The molecule has 2 aliphatic rings. The highest BCUT2D eigenvalue weighted by Crippen LogP contribution is 2.37. The molecule has 3 atom stereocenters. The van der Waals surface area contributed by atoms with Crippen molar-refractivity contribution < 1.29 is 19.4 Å². The predicted octanol–water partition coefficient (Wildman–Crippen LogP) is 1.55. The van der Waals surface area contributed by atoms with Crippen molar-refractivity contribution in [2.24, 2.45) is 0 Å². The topological polar surface area (TPSA) is 72.8 Å². The van der Waals surface area contributed by atoms with E-state index in [-0.39, 0.29) is 11.6 Å². The number of aliphatic hydroxyl groups is 2. The first kappa shape index (κ1) is 14.3. The molecule has 1 aliphatic carbocycles. The molecule has 0 radical (unpaired) electrons. The van der Waals surface area contributed by atoms with Crippen molar-refractivity contribution >= 4 is 17.3 Å². The summed E-state index contributed by atoms with van der Waals surface area (Å²) in [4.78, 5) is 13.2. The van der Waals surface area contributed by atoms with Gasteiger partial charge < -0.3 is 20.4 Å². The molecule has 21 heavy (non-hydrogen) atoms. The van der Waals surface area contributed by atoms with Crippen LogP contribution >= 0.6 is 0 Å². The predicted molar refractivity (Wildman–Crippen MR) is 76.7 cm³/mol. The van der Waals surface area contributed by atoms with Crippen LogP contribution in [-0.2, 0) is 4.79 Å². The molecule has 0 saturated heterocycles. The average molecular weight is 294 g/mol. The third-order valence-electron chi connectivity index (χ3n) is 4.49. The van der Waals surface area contributed by atoms with Crippen molar-refractivity contribution in [3.05, 3.63) is 23.5 Å². The molecule has 1 saturated carbocycles. The highest BCUT2D eigenvalue weighted by molar-refractivity contribution is 6.02. The van der Waals surface area contributed by atoms with Crippen molar-refractivity contribution in [3.63, 3.8) is 0 Å². The summed E-state index contributed by atoms with van der Waals surface area (Å²) in [5.41, 5.74) is 1.02. The fourth-order valence-corrected chi connectivity index (χ4v) is 3.25. The molecule has 0 spiro atoms. The highest BCUT2D eigenvalue weighted by atomic mass is 19.1. The van der Waals surface area contributed by atoms with Crippen LogP contribution in [-0.4, -0.2) is 35.3 Å². The minimum Gasteiger partial charge on any atom is -0.391 e. The molecule has 1 aliphatic heterocycles. The normalized spacial score (nSPS) is 28.2. The van der Waals surface area contributed by atoms with E-state index in [1.165, 1.54) is 12.1 Å². The minimum absolute atomic E-state index is 0.131. The zero-order valence-electron chi connectivity index (χ0n) is 11.8. The van der Waals surface area contributed by atoms with E-state index in [0.29, 0.717) is 11.4 Å². The van der Waals surface area contributed by atoms with Gasteiger partial charge in [0.05, 0.1) is 17.8 Å². The lowest BCUT2D eigenvalue weighted by atomic mass is 9.91. The quantitative estimate of drug-likeness (QED) is 0.774. The van der Waals surface area contributed by atoms with Crippen LogP contribution in [0.25, 0.3) is 0 Å². The molecule has 5 nitrogen and oxygen atoms in total. The molecular weight excluding hydrogens is 275 g/mol. The number of rotatable bonds is 2. The summed E-state index contributed by atoms with van der Waals surface area (Å²) >= 11 is 0. The number of carbonyl (C=O) groups excluding carboxylic acids is 1. The maximum absolute atomic E-state index is 14.3. The van der Waals surface area contributed by atoms with Crippen molar-refractivity contribution in [3.8, 4) is 0 Å². The second-order valence-corrected chi connectivity index (χ2v) is 5.81. The number of hydrogen-bond donors (Lipinski definition) is 3. The molecule has 0 aromatic heterocycles. The number of halogens is 1. The lowest BCUT2D eigenvalue weighted by Gasteiger charge is -2.36. The number of nitrogens with one attached hydrogen (secondary N) is 1. The van der Waals surface area contributed by atoms with E-state index in [0.717, 1.165) is 25.7 Å². The van der Waals surface area contributed by atoms with Crippen molar-refractivity contribution in [1.82, 2.24) is 0 Å². The number of anilines is 2. The van der Waals surface area contributed by atoms with Gasteiger partial charge in [0, 0.05) is 18.3 Å². The number of benzene rings is 1. The van der Waals surface area contributed by atoms with E-state index in [1.807, 2.05) is 0 Å². The summed E-state index contributed by atoms with van der Waals surface area (Å²) in [5, 5.41) is 22.3. The van der Waals surface area contributed by atoms with Gasteiger partial charge in [-0.2, -0.15) is 0 Å². The number of hydrogen-bond acceptors (Lipinski definition) is 4. The van der Waals surface area contributed by atoms with Gasteiger partial charge in [-0.1, -0.05) is 12.8 Å². The first-order valence-electron chi connectivity index (χ1n) is 7.22. The molecule has 1 amide bonds. The Balaban J connectivity index is 1.92. The molecule has 1 heterocycles. The van der Waals surface area contributed by atoms with Crippen LogP contribution in [0.4, 0.5) is 15.8 Å². The summed E-state index contributed by atoms with van der Waals surface area (Å²) in [6, 6.07) is 2.59. The summed E-state index contributed by atoms with van der Waals surface area (Å²) in [5.74, 6) is -1.04. The van der Waals surface area contributed by atoms with Gasteiger partial charge >= 0.3 is 0 Å². The van der Waals surface area contributed by atoms with Crippen LogP contribution in [0.3, 0.4) is 0 Å². The number of aliphatic hydroxyl groups excluding tert-OH is 2. The lowest BCUT2D eigenvalue weighted by Crippen LogP contribution is -2.43. The average Bonchev–Trinajstić information content (AvgIpc) is 2.73. The zero-order chi connectivity index (χ0) is 15.1. The molecule has 1 fully saturated rings. The summed E-state index contributed by atoms with van der Waals surface area (Å²) < 4.78 is 14.3. The molecule has 3 unspecified atom stereocenters. The van der Waals surface area contributed by atoms with Crippen molar-refractivity contribution in [2.45, 2.75) is 43.9 Å². The Morgan fingerprint density at radius 3 is 2.71 bits per heavy atom. The third kappa shape index (κ3) is 2.38. The Hall–Kier alpha value is -1.66. The van der Waals surface area contributed by atoms with Crippen LogP contribution in [0.1, 0.15) is 37.4 Å². The van der Waals surface area contributed by atoms with E-state index < -0.39 is 23.9 Å². The third-order valence-corrected chi connectivity index (χ3v) is 4.49. The smallest absolute Gasteiger partial charge is 0.257 e. The van der Waals surface area contributed by atoms with Crippen molar-refractivity contribution in [2.75, 3.05) is 17.3 Å². The Bertz CT molecular complexity index is 578. The number of carbonyl (C=O) groups is 1. The summed E-state index contributed by atoms with van der Waals surface area (Å²) in [6.45, 7) is 0. The van der Waals surface area contributed by atoms with E-state index in [2.05, 4.69) is 5.32 Å². The van der Waals surface area contributed by atoms with Gasteiger partial charge in [0.25, 0.3) is 5.91 Å². The Morgan fingerprint density at radius 1 is 1.29 bits per heavy atom. The number of nitrogens with zero attached hydrogens (tertiary/aromatic N) is 1. The molecule has 114 valence electrons. The molecule has 3 rings (SSSR count). The SMILES string of the molecule is CN(c1cc2c(cc1F)C(O)C(=O)N2)C1CCCCC1O. The molecular formula is C15H19FN2O3. The maximum atomic E-state index is 14.3. The number of fused-ring (bicyclic) bond motifs is 1. The largest absolute Gasteiger partial charge is 0.391 e. The highest BCUT2D eigenvalue weighted by Gasteiger charge is 2.33. The van der Waals surface area contributed by atoms with Gasteiger partial charge in [-0.05, 0) is 25.0 Å². The van der Waals surface area contributed by atoms with Gasteiger partial charge in [0.1, 0.15) is 5.82 Å². The number of amides is 1. The standard InChI is InChI=1S/C15H19FN2O3/c1-18(11-4-2-3-5-13(11)19)12-7-10-8(6-9(12)16)14(20)15(21)17-10/h6-7,11,13-14,19-20H,2-5H2,1H3,(H,17,21). The van der Waals surface area contributed by atoms with Crippen LogP contribution in [0.2, 0.25) is 0 Å². The maximum Gasteiger partial charge on any atom is 0.257 e. The van der Waals surface area contributed by atoms with E-state index >= 15 is 0 Å². The first-order valence-corrected chi connectivity index (χ1v) is 7.22. The van der Waals surface area contributed by atoms with Crippen LogP contribution < -0.4 is 10.2 Å². The minimum atomic E-state index is -1.31. The number of likely N-dealkylation sites (N-methyl/N-ethyl adjacent to an activating group) is 1. The zero-order valence-corrected chi connectivity index (χ0v) is 11.8. The first-order chi connectivity index (χ1) is 9.99. The van der Waals surface area contributed by atoms with Gasteiger partial charge in [-0.3, -0.25) is 4.79 Å². The molecule has 6 heteroatoms. The van der Waals surface area contributed by atoms with Crippen LogP contribution in [0.15, 0.2) is 12.1 Å². The second-order valence-electron chi connectivity index (χ2n) is 5.81. The molecule has 3 N–H and O–H groups in total. The van der Waals surface area contributed by atoms with Crippen LogP contribution in [0.5, 0.6) is 0 Å². The summed E-state index contributed by atoms with van der Waals surface area (Å²) in [6.07, 6.45) is 1.74. The van der Waals surface area contributed by atoms with Crippen molar-refractivity contribution in [1.29, 1.82) is 0 Å². The Morgan fingerprint density at radius 2 is 2.00 bits per heavy atom. The van der Waals surface area contributed by atoms with Gasteiger partial charge in [-0.25, -0.2) is 4.39 Å². The second kappa shape index (κ2) is 5.27. The fourth-order valence-electron chi connectivity index (χ4n) is 3.25. The molecule has 1 aromatic carbocycles. The van der Waals surface area contributed by atoms with E-state index in [4.69, 9.17) is 0 Å². The lowest BCUT2D eigenvalue weighted by molar-refractivity contribution is -0.123. The molecule has 0 bridgehead atoms. The molecule has 1 aromatic rings. The Kier molecular flexibility index (Phi) is 3.59. The fraction of sp³-hybridized carbons (Fsp3) is 0.533. The van der Waals surface area contributed by atoms with Gasteiger partial charge in [-0.15, -0.1) is 0 Å². The van der Waals surface area contributed by atoms with Gasteiger partial charge in [0.2, 0.25) is 0 Å². The van der Waals surface area contributed by atoms with E-state index in [1.54, 1.807) is 11.9 Å². The Labute approximate surface area is 122 Å². The monoisotopic (exact) mass is 294 g/mol.